The van der Waals surface area contributed by atoms with Gasteiger partial charge in [-0.1, -0.05) is 158 Å². The summed E-state index contributed by atoms with van der Waals surface area (Å²) in [7, 11) is 0. The normalized spacial score (nSPS) is 11.9. The number of furan rings is 1. The van der Waals surface area contributed by atoms with E-state index in [4.69, 9.17) is 14.6 Å². The molecule has 0 bridgehead atoms. The van der Waals surface area contributed by atoms with Gasteiger partial charge in [0.1, 0.15) is 5.58 Å². The van der Waals surface area contributed by atoms with E-state index in [1.165, 1.54) is 5.39 Å². The topological polar surface area (TPSA) is 53.7 Å². The molecule has 62 heavy (non-hydrogen) atoms. The first-order valence-corrected chi connectivity index (χ1v) is 20.9. The van der Waals surface area contributed by atoms with Crippen molar-refractivity contribution >= 4 is 65.6 Å². The third kappa shape index (κ3) is 4.98. The van der Waals surface area contributed by atoms with E-state index in [0.29, 0.717) is 0 Å². The molecule has 0 radical (unpaired) electrons. The van der Waals surface area contributed by atoms with Gasteiger partial charge in [-0.2, -0.15) is 0 Å². The summed E-state index contributed by atoms with van der Waals surface area (Å²) >= 11 is 0. The average molecular weight is 794 g/mol. The molecule has 4 heterocycles. The number of aromatic nitrogens is 5. The molecule has 0 saturated heterocycles. The van der Waals surface area contributed by atoms with E-state index in [1.54, 1.807) is 0 Å². The van der Waals surface area contributed by atoms with Gasteiger partial charge >= 0.3 is 0 Å². The minimum Gasteiger partial charge on any atom is -0.454 e. The molecule has 6 heteroatoms. The monoisotopic (exact) mass is 793 g/mol. The molecule has 0 unspecified atom stereocenters. The predicted molar refractivity (Wildman–Crippen MR) is 254 cm³/mol. The standard InChI is InChI=1S/C56H35N5O/c1-3-18-36(19-4-1)55-57-58-56(59(55)37-20-5-2-6-21-37)45-27-17-32-50-52(45)44-26-10-15-31-49(44)60(50)46-28-12-7-22-38(46)39-23-8-13-29-47(39)61-48-30-14-9-24-40(48)42-34-35-43-41-25-11-16-33-51(41)62-54(43)53(42)61/h1-35H. The van der Waals surface area contributed by atoms with Gasteiger partial charge in [0.15, 0.2) is 17.2 Å². The average Bonchev–Trinajstić information content (AvgIpc) is 4.12. The molecule has 6 nitrogen and oxygen atoms in total. The Morgan fingerprint density at radius 3 is 1.66 bits per heavy atom. The van der Waals surface area contributed by atoms with E-state index in [2.05, 4.69) is 196 Å². The molecule has 290 valence electrons. The first-order valence-electron chi connectivity index (χ1n) is 20.9. The Bertz CT molecular complexity index is 3870. The van der Waals surface area contributed by atoms with E-state index in [1.807, 2.05) is 30.3 Å². The summed E-state index contributed by atoms with van der Waals surface area (Å²) in [5.74, 6) is 1.57. The minimum absolute atomic E-state index is 0.783. The SMILES string of the molecule is c1ccc(-c2nnc(-c3cccc4c3c3ccccc3n4-c3ccccc3-c3ccccc3-n3c4ccccc4c4ccc5c6ccccc6oc5c43)n2-c2ccccc2)cc1. The predicted octanol–water partition coefficient (Wildman–Crippen LogP) is 14.4. The van der Waals surface area contributed by atoms with Gasteiger partial charge in [-0.3, -0.25) is 4.57 Å². The highest BCUT2D eigenvalue weighted by Crippen LogP contribution is 2.45. The zero-order valence-electron chi connectivity index (χ0n) is 33.4. The van der Waals surface area contributed by atoms with Crippen molar-refractivity contribution in [1.82, 2.24) is 23.9 Å². The lowest BCUT2D eigenvalue weighted by molar-refractivity contribution is 0.671. The van der Waals surface area contributed by atoms with Crippen molar-refractivity contribution in [3.63, 3.8) is 0 Å². The van der Waals surface area contributed by atoms with E-state index >= 15 is 0 Å². The van der Waals surface area contributed by atoms with E-state index in [0.717, 1.165) is 111 Å². The molecule has 0 N–H and O–H groups in total. The van der Waals surface area contributed by atoms with Crippen LogP contribution >= 0.6 is 0 Å². The van der Waals surface area contributed by atoms with Crippen LogP contribution in [0.2, 0.25) is 0 Å². The maximum Gasteiger partial charge on any atom is 0.169 e. The van der Waals surface area contributed by atoms with Gasteiger partial charge in [0.25, 0.3) is 0 Å². The smallest absolute Gasteiger partial charge is 0.169 e. The molecule has 0 aliphatic carbocycles. The summed E-state index contributed by atoms with van der Waals surface area (Å²) in [5, 5.41) is 16.6. The number of benzene rings is 9. The summed E-state index contributed by atoms with van der Waals surface area (Å²) < 4.78 is 13.8. The molecule has 0 atom stereocenters. The third-order valence-electron chi connectivity index (χ3n) is 12.4. The third-order valence-corrected chi connectivity index (χ3v) is 12.4. The van der Waals surface area contributed by atoms with Crippen LogP contribution in [-0.4, -0.2) is 23.9 Å². The molecule has 0 amide bonds. The first kappa shape index (κ1) is 34.4. The van der Waals surface area contributed by atoms with Gasteiger partial charge in [0.2, 0.25) is 0 Å². The molecule has 0 fully saturated rings. The van der Waals surface area contributed by atoms with Crippen LogP contribution in [0.3, 0.4) is 0 Å². The molecular weight excluding hydrogens is 759 g/mol. The largest absolute Gasteiger partial charge is 0.454 e. The van der Waals surface area contributed by atoms with Gasteiger partial charge in [-0.15, -0.1) is 10.2 Å². The van der Waals surface area contributed by atoms with E-state index < -0.39 is 0 Å². The molecule has 9 aromatic carbocycles. The Kier molecular flexibility index (Phi) is 7.50. The van der Waals surface area contributed by atoms with Crippen molar-refractivity contribution < 1.29 is 4.42 Å². The number of fused-ring (bicyclic) bond motifs is 10. The Hall–Kier alpha value is -8.48. The molecule has 0 aliphatic heterocycles. The number of rotatable bonds is 6. The highest BCUT2D eigenvalue weighted by Gasteiger charge is 2.25. The highest BCUT2D eigenvalue weighted by atomic mass is 16.3. The second kappa shape index (κ2) is 13.5. The van der Waals surface area contributed by atoms with Crippen molar-refractivity contribution in [3.05, 3.63) is 212 Å². The lowest BCUT2D eigenvalue weighted by Crippen LogP contribution is -2.02. The zero-order chi connectivity index (χ0) is 40.7. The lowest BCUT2D eigenvalue weighted by Gasteiger charge is -2.18. The molecular formula is C56H35N5O. The lowest BCUT2D eigenvalue weighted by atomic mass is 10.0. The van der Waals surface area contributed by atoms with Gasteiger partial charge < -0.3 is 13.6 Å². The number of hydrogen-bond donors (Lipinski definition) is 0. The fourth-order valence-corrected chi connectivity index (χ4v) is 9.79. The van der Waals surface area contributed by atoms with Crippen molar-refractivity contribution in [2.75, 3.05) is 0 Å². The summed E-state index contributed by atoms with van der Waals surface area (Å²) in [4.78, 5) is 0. The van der Waals surface area contributed by atoms with Gasteiger partial charge in [0.05, 0.1) is 33.4 Å². The van der Waals surface area contributed by atoms with Crippen molar-refractivity contribution in [2.45, 2.75) is 0 Å². The minimum atomic E-state index is 0.783. The Morgan fingerprint density at radius 2 is 0.887 bits per heavy atom. The Balaban J connectivity index is 1.07. The summed E-state index contributed by atoms with van der Waals surface area (Å²) in [5.41, 5.74) is 13.5. The first-order chi connectivity index (χ1) is 30.8. The number of hydrogen-bond acceptors (Lipinski definition) is 3. The van der Waals surface area contributed by atoms with E-state index in [-0.39, 0.29) is 0 Å². The maximum atomic E-state index is 6.76. The maximum absolute atomic E-state index is 6.76. The summed E-state index contributed by atoms with van der Waals surface area (Å²) in [6.07, 6.45) is 0. The van der Waals surface area contributed by atoms with Gasteiger partial charge in [0, 0.05) is 60.3 Å². The van der Waals surface area contributed by atoms with Crippen LogP contribution in [0, 0.1) is 0 Å². The fourth-order valence-electron chi connectivity index (χ4n) is 9.79. The van der Waals surface area contributed by atoms with Gasteiger partial charge in [-0.25, -0.2) is 0 Å². The van der Waals surface area contributed by atoms with Crippen LogP contribution < -0.4 is 0 Å². The number of nitrogens with zero attached hydrogens (tertiary/aromatic N) is 5. The van der Waals surface area contributed by atoms with Crippen LogP contribution in [0.1, 0.15) is 0 Å². The molecule has 13 aromatic rings. The Labute approximate surface area is 355 Å². The van der Waals surface area contributed by atoms with Crippen LogP contribution in [0.15, 0.2) is 217 Å². The number of para-hydroxylation sites is 6. The summed E-state index contributed by atoms with van der Waals surface area (Å²) in [6.45, 7) is 0. The quantitative estimate of drug-likeness (QED) is 0.168. The molecule has 13 rings (SSSR count). The van der Waals surface area contributed by atoms with Crippen molar-refractivity contribution in [2.24, 2.45) is 0 Å². The van der Waals surface area contributed by atoms with Crippen molar-refractivity contribution in [3.8, 4) is 51.0 Å². The second-order valence-corrected chi connectivity index (χ2v) is 15.8. The molecule has 0 spiro atoms. The van der Waals surface area contributed by atoms with Crippen LogP contribution in [-0.2, 0) is 0 Å². The molecule has 0 saturated carbocycles. The van der Waals surface area contributed by atoms with Crippen LogP contribution in [0.4, 0.5) is 0 Å². The second-order valence-electron chi connectivity index (χ2n) is 15.8. The molecule has 0 aliphatic rings. The molecule has 4 aromatic heterocycles. The Morgan fingerprint density at radius 1 is 0.339 bits per heavy atom. The van der Waals surface area contributed by atoms with Crippen molar-refractivity contribution in [1.29, 1.82) is 0 Å². The van der Waals surface area contributed by atoms with Gasteiger partial charge in [-0.05, 0) is 54.6 Å². The zero-order valence-corrected chi connectivity index (χ0v) is 33.4. The van der Waals surface area contributed by atoms with Crippen LogP contribution in [0.5, 0.6) is 0 Å². The highest BCUT2D eigenvalue weighted by molar-refractivity contribution is 6.22. The fraction of sp³-hybridized carbons (Fsp3) is 0. The summed E-state index contributed by atoms with van der Waals surface area (Å²) in [6, 6.07) is 75.0. The van der Waals surface area contributed by atoms with Crippen LogP contribution in [0.25, 0.3) is 117 Å². The van der Waals surface area contributed by atoms with E-state index in [9.17, 15) is 0 Å².